The summed E-state index contributed by atoms with van der Waals surface area (Å²) in [5.74, 6) is 1.64. The molecule has 1 amide bonds. The monoisotopic (exact) mass is 288 g/mol. The van der Waals surface area contributed by atoms with Crippen LogP contribution >= 0.6 is 0 Å². The summed E-state index contributed by atoms with van der Waals surface area (Å²) in [7, 11) is 0. The highest BCUT2D eigenvalue weighted by Gasteiger charge is 2.19. The van der Waals surface area contributed by atoms with Crippen molar-refractivity contribution in [1.82, 2.24) is 5.32 Å². The lowest BCUT2D eigenvalue weighted by Gasteiger charge is -2.26. The van der Waals surface area contributed by atoms with Crippen LogP contribution in [0.4, 0.5) is 0 Å². The maximum absolute atomic E-state index is 12.0. The van der Waals surface area contributed by atoms with Crippen molar-refractivity contribution in [3.63, 3.8) is 0 Å². The van der Waals surface area contributed by atoms with Crippen LogP contribution in [-0.4, -0.2) is 18.5 Å². The molecule has 1 fully saturated rings. The van der Waals surface area contributed by atoms with Gasteiger partial charge in [-0.15, -0.1) is 0 Å². The summed E-state index contributed by atoms with van der Waals surface area (Å²) in [6, 6.07) is 9.50. The van der Waals surface area contributed by atoms with Gasteiger partial charge in [-0.1, -0.05) is 62.9 Å². The van der Waals surface area contributed by atoms with Gasteiger partial charge in [0.05, 0.1) is 6.04 Å². The highest BCUT2D eigenvalue weighted by atomic mass is 16.2. The molecular weight excluding hydrogens is 260 g/mol. The Hall–Kier alpha value is -1.35. The molecule has 3 heteroatoms. The van der Waals surface area contributed by atoms with E-state index in [0.29, 0.717) is 6.42 Å². The number of rotatable bonds is 6. The zero-order chi connectivity index (χ0) is 15.1. The third kappa shape index (κ3) is 5.50. The molecule has 0 heterocycles. The fourth-order valence-electron chi connectivity index (χ4n) is 3.11. The summed E-state index contributed by atoms with van der Waals surface area (Å²) in [4.78, 5) is 12.0. The number of benzene rings is 1. The molecule has 0 aromatic heterocycles. The van der Waals surface area contributed by atoms with Gasteiger partial charge >= 0.3 is 0 Å². The molecule has 0 unspecified atom stereocenters. The van der Waals surface area contributed by atoms with Crippen LogP contribution in [0, 0.1) is 11.8 Å². The molecule has 1 saturated carbocycles. The van der Waals surface area contributed by atoms with E-state index in [1.54, 1.807) is 0 Å². The Bertz CT molecular complexity index is 424. The van der Waals surface area contributed by atoms with Gasteiger partial charge in [-0.25, -0.2) is 0 Å². The van der Waals surface area contributed by atoms with Crippen molar-refractivity contribution < 1.29 is 4.79 Å². The molecular formula is C18H28N2O. The molecule has 0 radical (unpaired) electrons. The predicted molar refractivity (Wildman–Crippen MR) is 86.9 cm³/mol. The van der Waals surface area contributed by atoms with Crippen molar-refractivity contribution in [3.05, 3.63) is 35.9 Å². The second-order valence-corrected chi connectivity index (χ2v) is 6.50. The zero-order valence-corrected chi connectivity index (χ0v) is 13.1. The van der Waals surface area contributed by atoms with Crippen LogP contribution in [-0.2, 0) is 11.2 Å². The number of carbonyl (C=O) groups is 1. The van der Waals surface area contributed by atoms with E-state index < -0.39 is 6.04 Å². The molecule has 1 aliphatic carbocycles. The second kappa shape index (κ2) is 8.18. The molecule has 0 saturated heterocycles. The van der Waals surface area contributed by atoms with E-state index in [2.05, 4.69) is 12.2 Å². The van der Waals surface area contributed by atoms with Gasteiger partial charge in [-0.2, -0.15) is 0 Å². The fraction of sp³-hybridized carbons (Fsp3) is 0.611. The standard InChI is InChI=1S/C18H28N2O/c1-14-7-9-15(10-8-14)11-12-20-18(21)17(19)13-16-5-3-2-4-6-16/h2-6,14-15,17H,7-13,19H2,1H3,(H,20,21)/t14?,15?,17-/m1/s1. The summed E-state index contributed by atoms with van der Waals surface area (Å²) in [5, 5.41) is 3.00. The number of nitrogens with two attached hydrogens (primary N) is 1. The van der Waals surface area contributed by atoms with Crippen LogP contribution in [0.15, 0.2) is 30.3 Å². The van der Waals surface area contributed by atoms with Gasteiger partial charge in [0.1, 0.15) is 0 Å². The van der Waals surface area contributed by atoms with Gasteiger partial charge in [0, 0.05) is 6.54 Å². The normalized spacial score (nSPS) is 23.5. The van der Waals surface area contributed by atoms with E-state index >= 15 is 0 Å². The summed E-state index contributed by atoms with van der Waals surface area (Å²) in [6.45, 7) is 3.10. The lowest BCUT2D eigenvalue weighted by Crippen LogP contribution is -2.42. The molecule has 0 spiro atoms. The Kier molecular flexibility index (Phi) is 6.24. The Labute approximate surface area is 128 Å². The molecule has 3 N–H and O–H groups in total. The van der Waals surface area contributed by atoms with Crippen molar-refractivity contribution in [2.45, 2.75) is 51.5 Å². The maximum Gasteiger partial charge on any atom is 0.237 e. The van der Waals surface area contributed by atoms with Gasteiger partial charge in [0.15, 0.2) is 0 Å². The molecule has 0 bridgehead atoms. The summed E-state index contributed by atoms with van der Waals surface area (Å²) in [6.07, 6.45) is 7.00. The van der Waals surface area contributed by atoms with Crippen LogP contribution in [0.1, 0.15) is 44.6 Å². The molecule has 21 heavy (non-hydrogen) atoms. The first-order valence-electron chi connectivity index (χ1n) is 8.22. The minimum Gasteiger partial charge on any atom is -0.355 e. The fourth-order valence-corrected chi connectivity index (χ4v) is 3.11. The Morgan fingerprint density at radius 2 is 1.90 bits per heavy atom. The smallest absolute Gasteiger partial charge is 0.237 e. The maximum atomic E-state index is 12.0. The van der Waals surface area contributed by atoms with Crippen molar-refractivity contribution in [2.75, 3.05) is 6.54 Å². The third-order valence-corrected chi connectivity index (χ3v) is 4.62. The molecule has 1 aromatic rings. The number of carbonyl (C=O) groups excluding carboxylic acids is 1. The minimum atomic E-state index is -0.446. The Morgan fingerprint density at radius 3 is 2.57 bits per heavy atom. The molecule has 0 aliphatic heterocycles. The topological polar surface area (TPSA) is 55.1 Å². The molecule has 3 nitrogen and oxygen atoms in total. The summed E-state index contributed by atoms with van der Waals surface area (Å²) in [5.41, 5.74) is 7.09. The SMILES string of the molecule is CC1CCC(CCNC(=O)[C@H](N)Cc2ccccc2)CC1. The first kappa shape index (κ1) is 16.0. The van der Waals surface area contributed by atoms with Crippen LogP contribution < -0.4 is 11.1 Å². The van der Waals surface area contributed by atoms with Crippen molar-refractivity contribution in [1.29, 1.82) is 0 Å². The number of hydrogen-bond donors (Lipinski definition) is 2. The van der Waals surface area contributed by atoms with E-state index in [1.165, 1.54) is 25.7 Å². The van der Waals surface area contributed by atoms with E-state index in [9.17, 15) is 4.79 Å². The average molecular weight is 288 g/mol. The highest BCUT2D eigenvalue weighted by molar-refractivity contribution is 5.81. The number of hydrogen-bond acceptors (Lipinski definition) is 2. The lowest BCUT2D eigenvalue weighted by atomic mass is 9.81. The molecule has 1 atom stereocenters. The summed E-state index contributed by atoms with van der Waals surface area (Å²) < 4.78 is 0. The number of amides is 1. The summed E-state index contributed by atoms with van der Waals surface area (Å²) >= 11 is 0. The first-order chi connectivity index (χ1) is 10.1. The van der Waals surface area contributed by atoms with Crippen LogP contribution in [0.25, 0.3) is 0 Å². The van der Waals surface area contributed by atoms with Crippen LogP contribution in [0.2, 0.25) is 0 Å². The Morgan fingerprint density at radius 1 is 1.24 bits per heavy atom. The molecule has 1 aromatic carbocycles. The second-order valence-electron chi connectivity index (χ2n) is 6.50. The van der Waals surface area contributed by atoms with Gasteiger partial charge < -0.3 is 11.1 Å². The minimum absolute atomic E-state index is 0.0250. The van der Waals surface area contributed by atoms with Gasteiger partial charge in [-0.05, 0) is 30.2 Å². The highest BCUT2D eigenvalue weighted by Crippen LogP contribution is 2.29. The molecule has 1 aliphatic rings. The quantitative estimate of drug-likeness (QED) is 0.845. The lowest BCUT2D eigenvalue weighted by molar-refractivity contribution is -0.122. The van der Waals surface area contributed by atoms with Crippen LogP contribution in [0.3, 0.4) is 0 Å². The first-order valence-corrected chi connectivity index (χ1v) is 8.22. The van der Waals surface area contributed by atoms with Crippen LogP contribution in [0.5, 0.6) is 0 Å². The van der Waals surface area contributed by atoms with Gasteiger partial charge in [-0.3, -0.25) is 4.79 Å². The Balaban J connectivity index is 1.65. The van der Waals surface area contributed by atoms with Crippen molar-refractivity contribution >= 4 is 5.91 Å². The largest absolute Gasteiger partial charge is 0.355 e. The predicted octanol–water partition coefficient (Wildman–Crippen LogP) is 2.89. The van der Waals surface area contributed by atoms with E-state index in [1.807, 2.05) is 30.3 Å². The van der Waals surface area contributed by atoms with Crippen molar-refractivity contribution in [3.8, 4) is 0 Å². The van der Waals surface area contributed by atoms with E-state index in [4.69, 9.17) is 5.73 Å². The average Bonchev–Trinajstić information content (AvgIpc) is 2.50. The van der Waals surface area contributed by atoms with E-state index in [-0.39, 0.29) is 5.91 Å². The van der Waals surface area contributed by atoms with Gasteiger partial charge in [0.25, 0.3) is 0 Å². The molecule has 116 valence electrons. The molecule has 2 rings (SSSR count). The third-order valence-electron chi connectivity index (χ3n) is 4.62. The van der Waals surface area contributed by atoms with Gasteiger partial charge in [0.2, 0.25) is 5.91 Å². The zero-order valence-electron chi connectivity index (χ0n) is 13.1. The van der Waals surface area contributed by atoms with E-state index in [0.717, 1.165) is 30.4 Å². The van der Waals surface area contributed by atoms with Crippen molar-refractivity contribution in [2.24, 2.45) is 17.6 Å². The number of nitrogens with one attached hydrogen (secondary N) is 1.